The lowest BCUT2D eigenvalue weighted by molar-refractivity contribution is -0.383. The van der Waals surface area contributed by atoms with Crippen molar-refractivity contribution in [3.8, 4) is 0 Å². The summed E-state index contributed by atoms with van der Waals surface area (Å²) < 4.78 is 0. The number of fused-ring (bicyclic) bond motifs is 10. The molecule has 0 N–H and O–H groups in total. The number of rotatable bonds is 1. The van der Waals surface area contributed by atoms with Gasteiger partial charge in [-0.15, -0.1) is 0 Å². The fourth-order valence-electron chi connectivity index (χ4n) is 4.72. The van der Waals surface area contributed by atoms with Gasteiger partial charge in [-0.05, 0) is 48.5 Å². The van der Waals surface area contributed by atoms with Crippen LogP contribution in [0.3, 0.4) is 0 Å². The Bertz CT molecular complexity index is 1600. The summed E-state index contributed by atoms with van der Waals surface area (Å²) in [6, 6.07) is 30.3. The third-order valence-electron chi connectivity index (χ3n) is 5.91. The molecule has 3 nitrogen and oxygen atoms in total. The molecule has 3 heteroatoms. The van der Waals surface area contributed by atoms with Gasteiger partial charge < -0.3 is 0 Å². The van der Waals surface area contributed by atoms with Crippen molar-refractivity contribution >= 4 is 59.5 Å². The van der Waals surface area contributed by atoms with E-state index >= 15 is 0 Å². The molecule has 0 aliphatic rings. The molecule has 0 spiro atoms. The average Bonchev–Trinajstić information content (AvgIpc) is 2.78. The maximum Gasteiger partial charge on any atom is 0.277 e. The number of hydrogen-bond donors (Lipinski definition) is 0. The quantitative estimate of drug-likeness (QED) is 0.172. The van der Waals surface area contributed by atoms with Crippen LogP contribution in [-0.4, -0.2) is 4.92 Å². The molecule has 0 saturated heterocycles. The average molecular weight is 373 g/mol. The van der Waals surface area contributed by atoms with Gasteiger partial charge in [0.2, 0.25) is 0 Å². The fraction of sp³-hybridized carbons (Fsp3) is 0. The molecular formula is C26H15NO2. The van der Waals surface area contributed by atoms with Crippen molar-refractivity contribution in [2.24, 2.45) is 0 Å². The van der Waals surface area contributed by atoms with E-state index < -0.39 is 0 Å². The second-order valence-corrected chi connectivity index (χ2v) is 7.38. The lowest BCUT2D eigenvalue weighted by Gasteiger charge is -2.14. The Labute approximate surface area is 165 Å². The van der Waals surface area contributed by atoms with Crippen LogP contribution in [0.1, 0.15) is 0 Å². The van der Waals surface area contributed by atoms with Gasteiger partial charge in [0.1, 0.15) is 0 Å². The van der Waals surface area contributed by atoms with E-state index in [1.54, 1.807) is 12.1 Å². The van der Waals surface area contributed by atoms with Gasteiger partial charge in [0.05, 0.1) is 10.3 Å². The van der Waals surface area contributed by atoms with E-state index in [1.807, 2.05) is 24.3 Å². The van der Waals surface area contributed by atoms with Crippen molar-refractivity contribution in [1.82, 2.24) is 0 Å². The highest BCUT2D eigenvalue weighted by Crippen LogP contribution is 2.43. The molecule has 0 aromatic heterocycles. The van der Waals surface area contributed by atoms with Gasteiger partial charge in [0, 0.05) is 6.07 Å². The molecule has 136 valence electrons. The van der Waals surface area contributed by atoms with Gasteiger partial charge in [-0.2, -0.15) is 0 Å². The molecule has 0 fully saturated rings. The highest BCUT2D eigenvalue weighted by Gasteiger charge is 2.19. The molecule has 6 rings (SSSR count). The summed E-state index contributed by atoms with van der Waals surface area (Å²) in [6.07, 6.45) is 0. The molecule has 6 aromatic rings. The minimum absolute atomic E-state index is 0.151. The molecule has 6 aromatic carbocycles. The standard InChI is InChI=1S/C26H15NO2/c28-27(29)23-11-5-10-20-22-15-14-17-13-12-16-6-1-2-7-18(16)24(17)26(22)21-9-4-3-8-19(21)25(20)23/h1-15H. The lowest BCUT2D eigenvalue weighted by Crippen LogP contribution is -1.92. The summed E-state index contributed by atoms with van der Waals surface area (Å²) in [5, 5.41) is 22.3. The zero-order chi connectivity index (χ0) is 19.5. The van der Waals surface area contributed by atoms with E-state index in [-0.39, 0.29) is 10.6 Å². The van der Waals surface area contributed by atoms with Crippen molar-refractivity contribution in [2.75, 3.05) is 0 Å². The van der Waals surface area contributed by atoms with Crippen molar-refractivity contribution in [2.45, 2.75) is 0 Å². The molecule has 0 radical (unpaired) electrons. The summed E-state index contributed by atoms with van der Waals surface area (Å²) in [4.78, 5) is 11.5. The van der Waals surface area contributed by atoms with E-state index in [2.05, 4.69) is 54.6 Å². The Morgan fingerprint density at radius 2 is 1.03 bits per heavy atom. The van der Waals surface area contributed by atoms with Gasteiger partial charge in [0.15, 0.2) is 0 Å². The number of non-ortho nitro benzene ring substituents is 1. The van der Waals surface area contributed by atoms with E-state index in [0.29, 0.717) is 5.39 Å². The van der Waals surface area contributed by atoms with Gasteiger partial charge >= 0.3 is 0 Å². The first-order valence-corrected chi connectivity index (χ1v) is 9.56. The SMILES string of the molecule is O=[N+]([O-])c1cccc2c3ccc4ccc5ccccc5c4c3c3ccccc3c12. The molecule has 0 heterocycles. The van der Waals surface area contributed by atoms with Gasteiger partial charge in [-0.25, -0.2) is 0 Å². The second-order valence-electron chi connectivity index (χ2n) is 7.38. The molecule has 0 aliphatic carbocycles. The third-order valence-corrected chi connectivity index (χ3v) is 5.91. The molecule has 0 bridgehead atoms. The molecule has 29 heavy (non-hydrogen) atoms. The Morgan fingerprint density at radius 1 is 0.483 bits per heavy atom. The first-order chi connectivity index (χ1) is 14.2. The van der Waals surface area contributed by atoms with Crippen LogP contribution in [0.25, 0.3) is 53.9 Å². The van der Waals surface area contributed by atoms with Crippen LogP contribution < -0.4 is 0 Å². The minimum Gasteiger partial charge on any atom is -0.258 e. The van der Waals surface area contributed by atoms with Crippen molar-refractivity contribution < 1.29 is 4.92 Å². The predicted octanol–water partition coefficient (Wildman–Crippen LogP) is 7.36. The summed E-state index contributed by atoms with van der Waals surface area (Å²) in [5.74, 6) is 0. The Hall–Kier alpha value is -3.98. The summed E-state index contributed by atoms with van der Waals surface area (Å²) >= 11 is 0. The van der Waals surface area contributed by atoms with Crippen LogP contribution in [-0.2, 0) is 0 Å². The van der Waals surface area contributed by atoms with Crippen LogP contribution in [0.5, 0.6) is 0 Å². The summed E-state index contributed by atoms with van der Waals surface area (Å²) in [7, 11) is 0. The van der Waals surface area contributed by atoms with E-state index in [1.165, 1.54) is 21.5 Å². The highest BCUT2D eigenvalue weighted by molar-refractivity contribution is 6.35. The van der Waals surface area contributed by atoms with Crippen LogP contribution >= 0.6 is 0 Å². The molecule has 0 aliphatic heterocycles. The van der Waals surface area contributed by atoms with Crippen LogP contribution in [0.2, 0.25) is 0 Å². The zero-order valence-electron chi connectivity index (χ0n) is 15.4. The smallest absolute Gasteiger partial charge is 0.258 e. The van der Waals surface area contributed by atoms with E-state index in [4.69, 9.17) is 0 Å². The summed E-state index contributed by atoms with van der Waals surface area (Å²) in [6.45, 7) is 0. The highest BCUT2D eigenvalue weighted by atomic mass is 16.6. The topological polar surface area (TPSA) is 43.1 Å². The van der Waals surface area contributed by atoms with Crippen molar-refractivity contribution in [3.05, 3.63) is 101 Å². The molecule has 0 unspecified atom stereocenters. The minimum atomic E-state index is -0.281. The number of nitro benzene ring substituents is 1. The second kappa shape index (κ2) is 5.76. The molecule has 0 saturated carbocycles. The maximum absolute atomic E-state index is 11.8. The third kappa shape index (κ3) is 2.13. The fourth-order valence-corrected chi connectivity index (χ4v) is 4.72. The van der Waals surface area contributed by atoms with Gasteiger partial charge in [-0.3, -0.25) is 10.1 Å². The molecule has 0 atom stereocenters. The van der Waals surface area contributed by atoms with Gasteiger partial charge in [0.25, 0.3) is 5.69 Å². The van der Waals surface area contributed by atoms with E-state index in [0.717, 1.165) is 26.9 Å². The Morgan fingerprint density at radius 3 is 1.79 bits per heavy atom. The Kier molecular flexibility index (Phi) is 3.18. The van der Waals surface area contributed by atoms with Crippen LogP contribution in [0.4, 0.5) is 5.69 Å². The predicted molar refractivity (Wildman–Crippen MR) is 121 cm³/mol. The van der Waals surface area contributed by atoms with Gasteiger partial charge in [-0.1, -0.05) is 84.9 Å². The lowest BCUT2D eigenvalue weighted by atomic mass is 9.89. The van der Waals surface area contributed by atoms with E-state index in [9.17, 15) is 10.1 Å². The number of hydrogen-bond acceptors (Lipinski definition) is 2. The zero-order valence-corrected chi connectivity index (χ0v) is 15.4. The van der Waals surface area contributed by atoms with Crippen molar-refractivity contribution in [1.29, 1.82) is 0 Å². The Balaban J connectivity index is 2.02. The number of nitrogens with zero attached hydrogens (tertiary/aromatic N) is 1. The normalized spacial score (nSPS) is 11.7. The van der Waals surface area contributed by atoms with Crippen LogP contribution in [0.15, 0.2) is 91.0 Å². The largest absolute Gasteiger partial charge is 0.277 e. The van der Waals surface area contributed by atoms with Crippen molar-refractivity contribution in [3.63, 3.8) is 0 Å². The molecular weight excluding hydrogens is 358 g/mol. The first-order valence-electron chi connectivity index (χ1n) is 9.56. The van der Waals surface area contributed by atoms with Crippen LogP contribution in [0, 0.1) is 10.1 Å². The maximum atomic E-state index is 11.8. The monoisotopic (exact) mass is 373 g/mol. The number of nitro groups is 1. The first kappa shape index (κ1) is 16.0. The summed E-state index contributed by atoms with van der Waals surface area (Å²) in [5.41, 5.74) is 0.151. The number of benzene rings is 6. The molecule has 0 amide bonds.